The van der Waals surface area contributed by atoms with Crippen LogP contribution in [0.3, 0.4) is 0 Å². The first kappa shape index (κ1) is 13.0. The van der Waals surface area contributed by atoms with E-state index >= 15 is 0 Å². The molecular weight excluding hydrogens is 234 g/mol. The van der Waals surface area contributed by atoms with Crippen molar-refractivity contribution in [3.05, 3.63) is 11.9 Å². The first-order valence-electron chi connectivity index (χ1n) is 5.98. The van der Waals surface area contributed by atoms with Crippen LogP contribution in [0.15, 0.2) is 6.07 Å². The van der Waals surface area contributed by atoms with E-state index < -0.39 is 0 Å². The molecule has 2 rings (SSSR count). The molecule has 1 aliphatic carbocycles. The van der Waals surface area contributed by atoms with E-state index in [0.29, 0.717) is 24.2 Å². The molecule has 1 saturated carbocycles. The average Bonchev–Trinajstić information content (AvgIpc) is 3.22. The maximum Gasteiger partial charge on any atom is 0.145 e. The molecule has 0 amide bonds. The average molecular weight is 253 g/mol. The second-order valence-corrected chi connectivity index (χ2v) is 4.39. The number of hydrogen-bond acceptors (Lipinski definition) is 7. The SMILES string of the molecule is COCC(CO)Nc1cc(NN)nc(C2CC2)n1. The van der Waals surface area contributed by atoms with Crippen molar-refractivity contribution in [1.82, 2.24) is 9.97 Å². The Balaban J connectivity index is 2.12. The Bertz CT molecular complexity index is 397. The molecule has 0 spiro atoms. The van der Waals surface area contributed by atoms with Gasteiger partial charge >= 0.3 is 0 Å². The fourth-order valence-corrected chi connectivity index (χ4v) is 1.69. The second kappa shape index (κ2) is 5.94. The zero-order chi connectivity index (χ0) is 13.0. The molecule has 0 aliphatic heterocycles. The number of methoxy groups -OCH3 is 1. The number of ether oxygens (including phenoxy) is 1. The van der Waals surface area contributed by atoms with Gasteiger partial charge < -0.3 is 20.6 Å². The standard InChI is InChI=1S/C11H19N5O2/c1-18-6-8(5-17)13-9-4-10(16-12)15-11(14-9)7-2-3-7/h4,7-8,17H,2-3,5-6,12H2,1H3,(H2,13,14,15,16). The zero-order valence-electron chi connectivity index (χ0n) is 10.4. The zero-order valence-corrected chi connectivity index (χ0v) is 10.4. The maximum absolute atomic E-state index is 9.21. The van der Waals surface area contributed by atoms with Crippen LogP contribution >= 0.6 is 0 Å². The third-order valence-corrected chi connectivity index (χ3v) is 2.77. The quantitative estimate of drug-likeness (QED) is 0.402. The van der Waals surface area contributed by atoms with E-state index in [1.165, 1.54) is 0 Å². The van der Waals surface area contributed by atoms with Crippen molar-refractivity contribution in [2.24, 2.45) is 5.84 Å². The number of nitrogens with zero attached hydrogens (tertiary/aromatic N) is 2. The number of nitrogen functional groups attached to an aromatic ring is 1. The van der Waals surface area contributed by atoms with E-state index in [1.807, 2.05) is 0 Å². The summed E-state index contributed by atoms with van der Waals surface area (Å²) in [7, 11) is 1.59. The van der Waals surface area contributed by atoms with E-state index in [0.717, 1.165) is 18.7 Å². The number of rotatable bonds is 7. The Hall–Kier alpha value is -1.44. The lowest BCUT2D eigenvalue weighted by molar-refractivity contribution is 0.153. The molecule has 1 unspecified atom stereocenters. The number of hydrogen-bond donors (Lipinski definition) is 4. The highest BCUT2D eigenvalue weighted by Gasteiger charge is 2.27. The van der Waals surface area contributed by atoms with Gasteiger partial charge in [-0.2, -0.15) is 0 Å². The van der Waals surface area contributed by atoms with Crippen LogP contribution in [0.5, 0.6) is 0 Å². The van der Waals surface area contributed by atoms with Crippen LogP contribution in [0.25, 0.3) is 0 Å². The van der Waals surface area contributed by atoms with Gasteiger partial charge in [-0.1, -0.05) is 0 Å². The topological polar surface area (TPSA) is 105 Å². The summed E-state index contributed by atoms with van der Waals surface area (Å²) in [6.07, 6.45) is 2.24. The molecule has 1 aliphatic rings. The van der Waals surface area contributed by atoms with Crippen LogP contribution in [-0.2, 0) is 4.74 Å². The molecule has 1 fully saturated rings. The Morgan fingerprint density at radius 2 is 2.22 bits per heavy atom. The normalized spacial score (nSPS) is 16.4. The summed E-state index contributed by atoms with van der Waals surface area (Å²) in [6.45, 7) is 0.382. The first-order chi connectivity index (χ1) is 8.76. The largest absolute Gasteiger partial charge is 0.394 e. The van der Waals surface area contributed by atoms with Crippen molar-refractivity contribution in [3.63, 3.8) is 0 Å². The summed E-state index contributed by atoms with van der Waals surface area (Å²) in [5, 5.41) is 12.3. The van der Waals surface area contributed by atoms with E-state index in [2.05, 4.69) is 20.7 Å². The highest BCUT2D eigenvalue weighted by Crippen LogP contribution is 2.38. The molecule has 0 saturated heterocycles. The maximum atomic E-state index is 9.21. The molecule has 18 heavy (non-hydrogen) atoms. The van der Waals surface area contributed by atoms with Gasteiger partial charge in [0.25, 0.3) is 0 Å². The molecule has 0 bridgehead atoms. The molecule has 1 aromatic heterocycles. The number of aliphatic hydroxyl groups is 1. The lowest BCUT2D eigenvalue weighted by atomic mass is 10.3. The third-order valence-electron chi connectivity index (χ3n) is 2.77. The fraction of sp³-hybridized carbons (Fsp3) is 0.636. The molecule has 1 aromatic rings. The molecule has 5 N–H and O–H groups in total. The highest BCUT2D eigenvalue weighted by molar-refractivity contribution is 5.48. The molecule has 0 radical (unpaired) electrons. The summed E-state index contributed by atoms with van der Waals surface area (Å²) >= 11 is 0. The summed E-state index contributed by atoms with van der Waals surface area (Å²) in [5.74, 6) is 7.84. The van der Waals surface area contributed by atoms with Crippen molar-refractivity contribution in [1.29, 1.82) is 0 Å². The van der Waals surface area contributed by atoms with E-state index in [4.69, 9.17) is 10.6 Å². The van der Waals surface area contributed by atoms with Crippen molar-refractivity contribution >= 4 is 11.6 Å². The van der Waals surface area contributed by atoms with Gasteiger partial charge in [0.2, 0.25) is 0 Å². The monoisotopic (exact) mass is 253 g/mol. The summed E-state index contributed by atoms with van der Waals surface area (Å²) in [6, 6.07) is 1.52. The van der Waals surface area contributed by atoms with Gasteiger partial charge in [-0.15, -0.1) is 0 Å². The number of aliphatic hydroxyl groups excluding tert-OH is 1. The summed E-state index contributed by atoms with van der Waals surface area (Å²) in [4.78, 5) is 8.74. The summed E-state index contributed by atoms with van der Waals surface area (Å²) < 4.78 is 5.01. The summed E-state index contributed by atoms with van der Waals surface area (Å²) in [5.41, 5.74) is 2.53. The smallest absolute Gasteiger partial charge is 0.145 e. The number of anilines is 2. The second-order valence-electron chi connectivity index (χ2n) is 4.39. The van der Waals surface area contributed by atoms with Gasteiger partial charge in [0.05, 0.1) is 19.3 Å². The van der Waals surface area contributed by atoms with E-state index in [9.17, 15) is 5.11 Å². The van der Waals surface area contributed by atoms with Crippen molar-refractivity contribution < 1.29 is 9.84 Å². The van der Waals surface area contributed by atoms with Crippen LogP contribution in [-0.4, -0.2) is 41.4 Å². The van der Waals surface area contributed by atoms with Crippen molar-refractivity contribution in [2.45, 2.75) is 24.8 Å². The van der Waals surface area contributed by atoms with Crippen LogP contribution in [0.4, 0.5) is 11.6 Å². The number of nitrogens with one attached hydrogen (secondary N) is 2. The minimum atomic E-state index is -0.192. The lowest BCUT2D eigenvalue weighted by Crippen LogP contribution is -2.29. The predicted molar refractivity (Wildman–Crippen MR) is 68.2 cm³/mol. The third kappa shape index (κ3) is 3.28. The van der Waals surface area contributed by atoms with Crippen LogP contribution < -0.4 is 16.6 Å². The first-order valence-corrected chi connectivity index (χ1v) is 5.98. The lowest BCUT2D eigenvalue weighted by Gasteiger charge is -2.16. The Kier molecular flexibility index (Phi) is 4.29. The van der Waals surface area contributed by atoms with Gasteiger partial charge in [-0.25, -0.2) is 15.8 Å². The minimum absolute atomic E-state index is 0.0258. The Labute approximate surface area is 106 Å². The van der Waals surface area contributed by atoms with Gasteiger partial charge in [-0.3, -0.25) is 0 Å². The van der Waals surface area contributed by atoms with Crippen LogP contribution in [0, 0.1) is 0 Å². The molecular formula is C11H19N5O2. The number of aromatic nitrogens is 2. The molecule has 0 aromatic carbocycles. The minimum Gasteiger partial charge on any atom is -0.394 e. The molecule has 7 heteroatoms. The van der Waals surface area contributed by atoms with Crippen LogP contribution in [0.1, 0.15) is 24.6 Å². The van der Waals surface area contributed by atoms with Gasteiger partial charge in [0, 0.05) is 19.1 Å². The molecule has 100 valence electrons. The van der Waals surface area contributed by atoms with Gasteiger partial charge in [0.15, 0.2) is 0 Å². The van der Waals surface area contributed by atoms with Gasteiger partial charge in [-0.05, 0) is 12.8 Å². The van der Waals surface area contributed by atoms with Gasteiger partial charge in [0.1, 0.15) is 17.5 Å². The molecule has 1 heterocycles. The number of nitrogens with two attached hydrogens (primary N) is 1. The predicted octanol–water partition coefficient (Wildman–Crippen LogP) is 0.0588. The highest BCUT2D eigenvalue weighted by atomic mass is 16.5. The molecule has 7 nitrogen and oxygen atoms in total. The van der Waals surface area contributed by atoms with Crippen molar-refractivity contribution in [3.8, 4) is 0 Å². The van der Waals surface area contributed by atoms with Crippen molar-refractivity contribution in [2.75, 3.05) is 31.1 Å². The van der Waals surface area contributed by atoms with E-state index in [1.54, 1.807) is 13.2 Å². The fourth-order valence-electron chi connectivity index (χ4n) is 1.69. The van der Waals surface area contributed by atoms with E-state index in [-0.39, 0.29) is 12.6 Å². The number of hydrazine groups is 1. The molecule has 1 atom stereocenters. The van der Waals surface area contributed by atoms with Crippen LogP contribution in [0.2, 0.25) is 0 Å². The Morgan fingerprint density at radius 3 is 2.78 bits per heavy atom. The Morgan fingerprint density at radius 1 is 1.50 bits per heavy atom.